The van der Waals surface area contributed by atoms with E-state index in [-0.39, 0.29) is 30.0 Å². The first kappa shape index (κ1) is 16.2. The Bertz CT molecular complexity index is 730. The topological polar surface area (TPSA) is 66.4 Å². The van der Waals surface area contributed by atoms with Crippen molar-refractivity contribution in [3.05, 3.63) is 71.5 Å². The molecule has 2 N–H and O–H groups in total. The molecule has 0 aliphatic heterocycles. The van der Waals surface area contributed by atoms with Gasteiger partial charge in [-0.05, 0) is 35.6 Å². The fourth-order valence-corrected chi connectivity index (χ4v) is 2.89. The van der Waals surface area contributed by atoms with E-state index in [0.717, 1.165) is 11.1 Å². The van der Waals surface area contributed by atoms with Gasteiger partial charge in [-0.2, -0.15) is 0 Å². The number of nitrogens with one attached hydrogen (secondary N) is 1. The van der Waals surface area contributed by atoms with E-state index in [4.69, 9.17) is 0 Å². The van der Waals surface area contributed by atoms with Crippen molar-refractivity contribution in [3.8, 4) is 0 Å². The highest BCUT2D eigenvalue weighted by atomic mass is 19.1. The fourth-order valence-electron chi connectivity index (χ4n) is 2.89. The van der Waals surface area contributed by atoms with Gasteiger partial charge in [0.05, 0.1) is 0 Å². The third-order valence-corrected chi connectivity index (χ3v) is 4.32. The summed E-state index contributed by atoms with van der Waals surface area (Å²) in [5.74, 6) is -1.82. The number of hydrogen-bond acceptors (Lipinski definition) is 2. The van der Waals surface area contributed by atoms with Crippen molar-refractivity contribution in [3.63, 3.8) is 0 Å². The molecule has 0 spiro atoms. The van der Waals surface area contributed by atoms with Gasteiger partial charge in [-0.15, -0.1) is 0 Å². The van der Waals surface area contributed by atoms with Crippen LogP contribution in [0.25, 0.3) is 0 Å². The molecule has 0 radical (unpaired) electrons. The first-order valence-corrected chi connectivity index (χ1v) is 7.87. The van der Waals surface area contributed by atoms with Gasteiger partial charge in [-0.3, -0.25) is 4.79 Å². The number of carboxylic acids is 1. The van der Waals surface area contributed by atoms with E-state index in [2.05, 4.69) is 5.32 Å². The number of benzene rings is 2. The summed E-state index contributed by atoms with van der Waals surface area (Å²) in [6.07, 6.45) is 0.908. The Morgan fingerprint density at radius 2 is 1.79 bits per heavy atom. The number of aliphatic carboxylic acids is 1. The summed E-state index contributed by atoms with van der Waals surface area (Å²) in [5, 5.41) is 12.0. The largest absolute Gasteiger partial charge is 0.480 e. The third kappa shape index (κ3) is 3.79. The predicted octanol–water partition coefficient (Wildman–Crippen LogP) is 2.74. The molecule has 4 nitrogen and oxygen atoms in total. The minimum atomic E-state index is -1.05. The van der Waals surface area contributed by atoms with Gasteiger partial charge in [0, 0.05) is 12.3 Å². The molecule has 5 heteroatoms. The summed E-state index contributed by atoms with van der Waals surface area (Å²) in [5.41, 5.74) is 1.77. The zero-order valence-electron chi connectivity index (χ0n) is 13.0. The maximum absolute atomic E-state index is 12.9. The average Bonchev–Trinajstić information content (AvgIpc) is 3.36. The summed E-state index contributed by atoms with van der Waals surface area (Å²) < 4.78 is 12.9. The second-order valence-corrected chi connectivity index (χ2v) is 6.09. The summed E-state index contributed by atoms with van der Waals surface area (Å²) >= 11 is 0. The van der Waals surface area contributed by atoms with Crippen molar-refractivity contribution in [2.45, 2.75) is 24.8 Å². The van der Waals surface area contributed by atoms with Gasteiger partial charge < -0.3 is 10.4 Å². The molecule has 2 aromatic rings. The number of halogens is 1. The van der Waals surface area contributed by atoms with Crippen molar-refractivity contribution in [2.75, 3.05) is 0 Å². The second-order valence-electron chi connectivity index (χ2n) is 6.09. The smallest absolute Gasteiger partial charge is 0.326 e. The number of amides is 1. The Labute approximate surface area is 139 Å². The van der Waals surface area contributed by atoms with E-state index in [1.165, 1.54) is 12.1 Å². The van der Waals surface area contributed by atoms with Gasteiger partial charge in [-0.25, -0.2) is 9.18 Å². The van der Waals surface area contributed by atoms with E-state index < -0.39 is 12.0 Å². The summed E-state index contributed by atoms with van der Waals surface area (Å²) in [4.78, 5) is 23.7. The summed E-state index contributed by atoms with van der Waals surface area (Å²) in [6.45, 7) is 0. The molecule has 1 amide bonds. The Morgan fingerprint density at radius 1 is 1.12 bits per heavy atom. The van der Waals surface area contributed by atoms with E-state index in [0.29, 0.717) is 6.42 Å². The third-order valence-electron chi connectivity index (χ3n) is 4.32. The number of carboxylic acid groups (broad SMARTS) is 1. The average molecular weight is 327 g/mol. The van der Waals surface area contributed by atoms with Gasteiger partial charge in [0.25, 0.3) is 0 Å². The lowest BCUT2D eigenvalue weighted by molar-refractivity contribution is -0.142. The van der Waals surface area contributed by atoms with Gasteiger partial charge in [0.1, 0.15) is 11.9 Å². The second kappa shape index (κ2) is 6.83. The quantitative estimate of drug-likeness (QED) is 0.857. The molecule has 2 aromatic carbocycles. The maximum Gasteiger partial charge on any atom is 0.326 e. The van der Waals surface area contributed by atoms with Crippen LogP contribution >= 0.6 is 0 Å². The van der Waals surface area contributed by atoms with Crippen LogP contribution in [0.1, 0.15) is 23.5 Å². The molecule has 3 rings (SSSR count). The molecular formula is C19H18FNO3. The van der Waals surface area contributed by atoms with Crippen LogP contribution in [0.4, 0.5) is 4.39 Å². The molecule has 0 aromatic heterocycles. The number of carbonyl (C=O) groups excluding carboxylic acids is 1. The molecule has 1 fully saturated rings. The molecule has 1 aliphatic rings. The zero-order valence-corrected chi connectivity index (χ0v) is 13.0. The Balaban J connectivity index is 1.60. The summed E-state index contributed by atoms with van der Waals surface area (Å²) in [6, 6.07) is 14.3. The zero-order chi connectivity index (χ0) is 17.1. The van der Waals surface area contributed by atoms with Crippen LogP contribution in [0.2, 0.25) is 0 Å². The maximum atomic E-state index is 12.9. The normalized spacial score (nSPS) is 20.2. The van der Waals surface area contributed by atoms with E-state index in [1.807, 2.05) is 30.3 Å². The molecular weight excluding hydrogens is 309 g/mol. The van der Waals surface area contributed by atoms with Crippen LogP contribution in [0.3, 0.4) is 0 Å². The Kier molecular flexibility index (Phi) is 4.60. The lowest BCUT2D eigenvalue weighted by Crippen LogP contribution is -2.43. The van der Waals surface area contributed by atoms with E-state index >= 15 is 0 Å². The van der Waals surface area contributed by atoms with Crippen molar-refractivity contribution in [2.24, 2.45) is 5.92 Å². The Hall–Kier alpha value is -2.69. The first-order valence-electron chi connectivity index (χ1n) is 7.87. The molecule has 0 bridgehead atoms. The van der Waals surface area contributed by atoms with Crippen molar-refractivity contribution in [1.82, 2.24) is 5.32 Å². The molecule has 1 aliphatic carbocycles. The van der Waals surface area contributed by atoms with Crippen LogP contribution in [0.15, 0.2) is 54.6 Å². The monoisotopic (exact) mass is 327 g/mol. The predicted molar refractivity (Wildman–Crippen MR) is 87.0 cm³/mol. The molecule has 2 unspecified atom stereocenters. The molecule has 3 atom stereocenters. The molecule has 124 valence electrons. The van der Waals surface area contributed by atoms with Crippen molar-refractivity contribution < 1.29 is 19.1 Å². The standard InChI is InChI=1S/C19H18FNO3/c20-14-8-6-13(7-9-14)15-11-16(15)18(22)21-17(19(23)24)10-12-4-2-1-3-5-12/h1-9,15-17H,10-11H2,(H,21,22)(H,23,24)/t15?,16?,17-/m0/s1. The van der Waals surface area contributed by atoms with Gasteiger partial charge in [0.2, 0.25) is 5.91 Å². The van der Waals surface area contributed by atoms with Gasteiger partial charge in [-0.1, -0.05) is 42.5 Å². The summed E-state index contributed by atoms with van der Waals surface area (Å²) in [7, 11) is 0. The van der Waals surface area contributed by atoms with Crippen LogP contribution in [-0.4, -0.2) is 23.0 Å². The minimum Gasteiger partial charge on any atom is -0.480 e. The number of rotatable bonds is 6. The number of carbonyl (C=O) groups is 2. The van der Waals surface area contributed by atoms with Gasteiger partial charge >= 0.3 is 5.97 Å². The number of hydrogen-bond donors (Lipinski definition) is 2. The fraction of sp³-hybridized carbons (Fsp3) is 0.263. The van der Waals surface area contributed by atoms with Crippen molar-refractivity contribution >= 4 is 11.9 Å². The molecule has 0 heterocycles. The highest BCUT2D eigenvalue weighted by Gasteiger charge is 2.44. The highest BCUT2D eigenvalue weighted by Crippen LogP contribution is 2.47. The van der Waals surface area contributed by atoms with Crippen LogP contribution in [-0.2, 0) is 16.0 Å². The molecule has 24 heavy (non-hydrogen) atoms. The first-order chi connectivity index (χ1) is 11.5. The van der Waals surface area contributed by atoms with Gasteiger partial charge in [0.15, 0.2) is 0 Å². The molecule has 0 saturated heterocycles. The van der Waals surface area contributed by atoms with E-state index in [9.17, 15) is 19.1 Å². The van der Waals surface area contributed by atoms with Crippen molar-refractivity contribution in [1.29, 1.82) is 0 Å². The highest BCUT2D eigenvalue weighted by molar-refractivity contribution is 5.87. The van der Waals surface area contributed by atoms with Crippen LogP contribution < -0.4 is 5.32 Å². The van der Waals surface area contributed by atoms with E-state index in [1.54, 1.807) is 12.1 Å². The minimum absolute atomic E-state index is 0.0387. The lowest BCUT2D eigenvalue weighted by Gasteiger charge is -2.14. The SMILES string of the molecule is O=C(N[C@@H](Cc1ccccc1)C(=O)O)C1CC1c1ccc(F)cc1. The lowest BCUT2D eigenvalue weighted by atomic mass is 10.1. The Morgan fingerprint density at radius 3 is 2.42 bits per heavy atom. The van der Waals surface area contributed by atoms with Crippen LogP contribution in [0, 0.1) is 11.7 Å². The van der Waals surface area contributed by atoms with Crippen LogP contribution in [0.5, 0.6) is 0 Å². The molecule has 1 saturated carbocycles.